The number of anilines is 2. The fourth-order valence-electron chi connectivity index (χ4n) is 4.80. The Balaban J connectivity index is 1.40. The molecule has 1 aliphatic rings. The van der Waals surface area contributed by atoms with Crippen molar-refractivity contribution in [1.29, 1.82) is 0 Å². The maximum absolute atomic E-state index is 13.3. The van der Waals surface area contributed by atoms with E-state index in [9.17, 15) is 14.4 Å². The molecule has 1 aliphatic heterocycles. The smallest absolute Gasteiger partial charge is 0.332 e. The van der Waals surface area contributed by atoms with Crippen LogP contribution in [0.5, 0.6) is 0 Å². The molecule has 11 heteroatoms. The van der Waals surface area contributed by atoms with Gasteiger partial charge in [0.05, 0.1) is 6.54 Å². The first kappa shape index (κ1) is 26.4. The van der Waals surface area contributed by atoms with Crippen LogP contribution >= 0.6 is 12.2 Å². The predicted octanol–water partition coefficient (Wildman–Crippen LogP) is 2.51. The molecule has 1 fully saturated rings. The van der Waals surface area contributed by atoms with Crippen LogP contribution in [0, 0.1) is 6.92 Å². The Hall–Kier alpha value is -4.25. The number of benzene rings is 2. The molecule has 0 amide bonds. The third-order valence-electron chi connectivity index (χ3n) is 7.18. The lowest BCUT2D eigenvalue weighted by molar-refractivity contribution is 0.101. The van der Waals surface area contributed by atoms with Crippen LogP contribution in [0.15, 0.2) is 58.1 Å². The monoisotopic (exact) mass is 545 g/mol. The highest BCUT2D eigenvalue weighted by molar-refractivity contribution is 7.80. The molecule has 0 atom stereocenters. The molecule has 5 rings (SSSR count). The Morgan fingerprint density at radius 3 is 2.21 bits per heavy atom. The predicted molar refractivity (Wildman–Crippen MR) is 157 cm³/mol. The second-order valence-electron chi connectivity index (χ2n) is 9.90. The van der Waals surface area contributed by atoms with Gasteiger partial charge < -0.3 is 15.1 Å². The lowest BCUT2D eigenvalue weighted by Gasteiger charge is -2.36. The van der Waals surface area contributed by atoms with Crippen LogP contribution in [0.1, 0.15) is 28.4 Å². The summed E-state index contributed by atoms with van der Waals surface area (Å²) in [7, 11) is 3.13. The largest absolute Gasteiger partial charge is 0.345 e. The zero-order chi connectivity index (χ0) is 27.8. The average Bonchev–Trinajstić information content (AvgIpc) is 3.31. The molecular formula is C28H31N7O3S. The van der Waals surface area contributed by atoms with Gasteiger partial charge in [0.2, 0.25) is 5.95 Å². The van der Waals surface area contributed by atoms with Crippen LogP contribution in [0.25, 0.3) is 11.2 Å². The van der Waals surface area contributed by atoms with Gasteiger partial charge in [0, 0.05) is 51.5 Å². The molecule has 39 heavy (non-hydrogen) atoms. The number of imidazole rings is 1. The van der Waals surface area contributed by atoms with E-state index in [0.717, 1.165) is 21.4 Å². The Kier molecular flexibility index (Phi) is 7.09. The van der Waals surface area contributed by atoms with Gasteiger partial charge in [-0.15, -0.1) is 0 Å². The third-order valence-corrected chi connectivity index (χ3v) is 7.54. The molecule has 2 aromatic heterocycles. The molecule has 0 radical (unpaired) electrons. The highest BCUT2D eigenvalue weighted by Gasteiger charge is 2.26. The number of rotatable bonds is 5. The van der Waals surface area contributed by atoms with Crippen LogP contribution in [-0.4, -0.2) is 60.7 Å². The van der Waals surface area contributed by atoms with E-state index >= 15 is 0 Å². The molecule has 0 saturated carbocycles. The van der Waals surface area contributed by atoms with Gasteiger partial charge >= 0.3 is 5.69 Å². The number of aromatic nitrogens is 4. The summed E-state index contributed by atoms with van der Waals surface area (Å²) >= 11 is 5.66. The Labute approximate surface area is 231 Å². The van der Waals surface area contributed by atoms with Crippen LogP contribution in [0.2, 0.25) is 0 Å². The van der Waals surface area contributed by atoms with Crippen molar-refractivity contribution in [2.24, 2.45) is 14.1 Å². The second kappa shape index (κ2) is 10.5. The molecule has 202 valence electrons. The van der Waals surface area contributed by atoms with E-state index in [4.69, 9.17) is 17.2 Å². The fraction of sp³-hybridized carbons (Fsp3) is 0.321. The summed E-state index contributed by atoms with van der Waals surface area (Å²) in [5.41, 5.74) is 3.68. The van der Waals surface area contributed by atoms with E-state index in [2.05, 4.69) is 15.1 Å². The Bertz CT molecular complexity index is 1680. The van der Waals surface area contributed by atoms with Crippen LogP contribution < -0.4 is 21.5 Å². The summed E-state index contributed by atoms with van der Waals surface area (Å²) in [4.78, 5) is 46.5. The molecule has 0 spiro atoms. The van der Waals surface area contributed by atoms with Crippen molar-refractivity contribution in [3.8, 4) is 0 Å². The zero-order valence-corrected chi connectivity index (χ0v) is 23.3. The maximum atomic E-state index is 13.3. The number of carbonyl (C=O) groups excluding carboxylic acids is 1. The molecule has 1 saturated heterocycles. The number of hydrogen-bond acceptors (Lipinski definition) is 6. The number of Topliss-reactive ketones (excluding diaryl/α,β-unsaturated/α-hetero) is 1. The van der Waals surface area contributed by atoms with Gasteiger partial charge in [-0.25, -0.2) is 4.79 Å². The third kappa shape index (κ3) is 5.09. The summed E-state index contributed by atoms with van der Waals surface area (Å²) in [6, 6.07) is 15.4. The molecule has 0 unspecified atom stereocenters. The van der Waals surface area contributed by atoms with E-state index in [1.807, 2.05) is 47.9 Å². The molecule has 0 bridgehead atoms. The number of thiocarbonyl (C=S) groups is 1. The minimum Gasteiger partial charge on any atom is -0.345 e. The number of hydrogen-bond donors (Lipinski definition) is 1. The number of nitrogens with one attached hydrogen (secondary N) is 1. The molecule has 0 aliphatic carbocycles. The van der Waals surface area contributed by atoms with Crippen molar-refractivity contribution in [1.82, 2.24) is 23.6 Å². The zero-order valence-electron chi connectivity index (χ0n) is 22.5. The summed E-state index contributed by atoms with van der Waals surface area (Å²) in [5.74, 6) is 0.675. The van der Waals surface area contributed by atoms with Crippen molar-refractivity contribution in [3.63, 3.8) is 0 Å². The number of aryl methyl sites for hydroxylation is 2. The second-order valence-corrected chi connectivity index (χ2v) is 10.3. The van der Waals surface area contributed by atoms with Gasteiger partial charge in [-0.05, 0) is 55.9 Å². The number of piperazine rings is 1. The first-order valence-electron chi connectivity index (χ1n) is 12.8. The summed E-state index contributed by atoms with van der Waals surface area (Å²) in [6.07, 6.45) is 0. The Morgan fingerprint density at radius 1 is 0.949 bits per heavy atom. The highest BCUT2D eigenvalue weighted by atomic mass is 32.1. The number of ketones is 1. The fourth-order valence-corrected chi connectivity index (χ4v) is 5.10. The van der Waals surface area contributed by atoms with Gasteiger partial charge in [-0.3, -0.25) is 23.3 Å². The van der Waals surface area contributed by atoms with Gasteiger partial charge in [0.1, 0.15) is 0 Å². The van der Waals surface area contributed by atoms with E-state index in [1.165, 1.54) is 11.6 Å². The van der Waals surface area contributed by atoms with Crippen molar-refractivity contribution in [3.05, 3.63) is 86.1 Å². The van der Waals surface area contributed by atoms with E-state index in [-0.39, 0.29) is 11.3 Å². The lowest BCUT2D eigenvalue weighted by atomic mass is 10.1. The van der Waals surface area contributed by atoms with Crippen LogP contribution in [0.4, 0.5) is 11.6 Å². The minimum atomic E-state index is -0.406. The summed E-state index contributed by atoms with van der Waals surface area (Å²) in [6.45, 7) is 6.61. The summed E-state index contributed by atoms with van der Waals surface area (Å²) < 4.78 is 4.48. The maximum Gasteiger partial charge on any atom is 0.332 e. The van der Waals surface area contributed by atoms with E-state index < -0.39 is 5.69 Å². The van der Waals surface area contributed by atoms with Crippen molar-refractivity contribution in [2.75, 3.05) is 36.4 Å². The van der Waals surface area contributed by atoms with Crippen molar-refractivity contribution >= 4 is 45.9 Å². The Morgan fingerprint density at radius 2 is 1.59 bits per heavy atom. The molecule has 10 nitrogen and oxygen atoms in total. The topological polar surface area (TPSA) is 97.4 Å². The van der Waals surface area contributed by atoms with Gasteiger partial charge in [0.25, 0.3) is 5.56 Å². The standard InChI is InChI=1S/C28H31N7O3S/c1-18-5-7-20(8-6-18)17-35-23-24(31(3)28(38)32(4)25(23)37)30-26(35)33-13-15-34(16-14-33)27(39)29-22-11-9-21(10-12-22)19(2)36/h5-12H,13-17H2,1-4H3,(H,29,39). The van der Waals surface area contributed by atoms with Gasteiger partial charge in [-0.1, -0.05) is 29.8 Å². The number of nitrogens with zero attached hydrogens (tertiary/aromatic N) is 6. The number of fused-ring (bicyclic) bond motifs is 1. The first-order chi connectivity index (χ1) is 18.6. The lowest BCUT2D eigenvalue weighted by Crippen LogP contribution is -2.50. The molecule has 3 heterocycles. The quantitative estimate of drug-likeness (QED) is 0.302. The van der Waals surface area contributed by atoms with Crippen molar-refractivity contribution < 1.29 is 4.79 Å². The summed E-state index contributed by atoms with van der Waals surface area (Å²) in [5, 5.41) is 3.86. The molecule has 1 N–H and O–H groups in total. The van der Waals surface area contributed by atoms with Crippen molar-refractivity contribution in [2.45, 2.75) is 20.4 Å². The molecular weight excluding hydrogens is 514 g/mol. The minimum absolute atomic E-state index is 0.0200. The molecule has 2 aromatic carbocycles. The average molecular weight is 546 g/mol. The first-order valence-corrected chi connectivity index (χ1v) is 13.2. The van der Waals surface area contributed by atoms with E-state index in [1.54, 1.807) is 26.1 Å². The van der Waals surface area contributed by atoms with Crippen LogP contribution in [-0.2, 0) is 20.6 Å². The van der Waals surface area contributed by atoms with Gasteiger partial charge in [0.15, 0.2) is 22.1 Å². The number of carbonyl (C=O) groups is 1. The van der Waals surface area contributed by atoms with E-state index in [0.29, 0.717) is 60.5 Å². The highest BCUT2D eigenvalue weighted by Crippen LogP contribution is 2.23. The SMILES string of the molecule is CC(=O)c1ccc(NC(=S)N2CCN(c3nc4c(c(=O)n(C)c(=O)n4C)n3Cc3ccc(C)cc3)CC2)cc1. The van der Waals surface area contributed by atoms with Gasteiger partial charge in [-0.2, -0.15) is 4.98 Å². The molecule has 4 aromatic rings. The van der Waals surface area contributed by atoms with Crippen LogP contribution in [0.3, 0.4) is 0 Å². The normalized spacial score (nSPS) is 13.6.